The molecule has 0 bridgehead atoms. The monoisotopic (exact) mass is 172 g/mol. The van der Waals surface area contributed by atoms with Crippen molar-refractivity contribution in [1.29, 1.82) is 0 Å². The molecule has 0 aromatic carbocycles. The summed E-state index contributed by atoms with van der Waals surface area (Å²) in [5, 5.41) is 5.97. The van der Waals surface area contributed by atoms with Crippen molar-refractivity contribution in [3.05, 3.63) is 0 Å². The van der Waals surface area contributed by atoms with Gasteiger partial charge in [0.15, 0.2) is 0 Å². The van der Waals surface area contributed by atoms with Crippen LogP contribution in [0.3, 0.4) is 0 Å². The molecule has 1 rings (SSSR count). The van der Waals surface area contributed by atoms with Gasteiger partial charge in [0, 0.05) is 6.54 Å². The first kappa shape index (κ1) is 9.32. The Balaban J connectivity index is 2.17. The summed E-state index contributed by atoms with van der Waals surface area (Å²) < 4.78 is 4.90. The minimum Gasteiger partial charge on any atom is -0.450 e. The second-order valence-corrected chi connectivity index (χ2v) is 2.87. The lowest BCUT2D eigenvalue weighted by atomic mass is 10.3. The summed E-state index contributed by atoms with van der Waals surface area (Å²) in [6.07, 6.45) is 2.71. The van der Waals surface area contributed by atoms with Crippen LogP contribution in [0.25, 0.3) is 0 Å². The molecular weight excluding hydrogens is 156 g/mol. The first-order chi connectivity index (χ1) is 5.89. The molecule has 0 aromatic heterocycles. The van der Waals surface area contributed by atoms with Crippen LogP contribution in [0.4, 0.5) is 4.79 Å². The molecule has 1 heterocycles. The molecule has 4 nitrogen and oxygen atoms in total. The molecule has 0 saturated carbocycles. The van der Waals surface area contributed by atoms with Gasteiger partial charge in [0.2, 0.25) is 0 Å². The molecule has 1 saturated heterocycles. The summed E-state index contributed by atoms with van der Waals surface area (Å²) in [7, 11) is 0. The first-order valence-electron chi connectivity index (χ1n) is 4.51. The summed E-state index contributed by atoms with van der Waals surface area (Å²) in [6, 6.07) is 0. The average Bonchev–Trinajstić information content (AvgIpc) is 2.11. The zero-order valence-electron chi connectivity index (χ0n) is 7.27. The summed E-state index contributed by atoms with van der Waals surface area (Å²) in [5.41, 5.74) is 0. The van der Waals surface area contributed by atoms with Crippen molar-refractivity contribution < 1.29 is 9.53 Å². The summed E-state index contributed by atoms with van der Waals surface area (Å²) >= 11 is 0. The van der Waals surface area contributed by atoms with Crippen LogP contribution in [0.5, 0.6) is 0 Å². The van der Waals surface area contributed by atoms with Gasteiger partial charge in [0.25, 0.3) is 0 Å². The fraction of sp³-hybridized carbons (Fsp3) is 0.875. The molecule has 0 radical (unpaired) electrons. The Labute approximate surface area is 72.7 Å². The molecule has 0 spiro atoms. The number of amides is 1. The van der Waals surface area contributed by atoms with Crippen LogP contribution >= 0.6 is 0 Å². The highest BCUT2D eigenvalue weighted by Crippen LogP contribution is 1.91. The maximum absolute atomic E-state index is 10.9. The Kier molecular flexibility index (Phi) is 4.52. The van der Waals surface area contributed by atoms with Crippen LogP contribution in [0.2, 0.25) is 0 Å². The molecule has 0 unspecified atom stereocenters. The van der Waals surface area contributed by atoms with Crippen LogP contribution in [0, 0.1) is 0 Å². The first-order valence-corrected chi connectivity index (χ1v) is 4.51. The fourth-order valence-electron chi connectivity index (χ4n) is 1.10. The zero-order chi connectivity index (χ0) is 8.65. The number of hydrogen-bond donors (Lipinski definition) is 2. The van der Waals surface area contributed by atoms with Crippen molar-refractivity contribution in [1.82, 2.24) is 10.6 Å². The van der Waals surface area contributed by atoms with Gasteiger partial charge in [-0.1, -0.05) is 0 Å². The number of carbonyl (C=O) groups excluding carboxylic acids is 1. The van der Waals surface area contributed by atoms with E-state index in [4.69, 9.17) is 4.74 Å². The molecule has 4 heteroatoms. The van der Waals surface area contributed by atoms with Crippen molar-refractivity contribution in [3.8, 4) is 0 Å². The van der Waals surface area contributed by atoms with Crippen LogP contribution in [0.1, 0.15) is 19.3 Å². The molecule has 1 aliphatic heterocycles. The van der Waals surface area contributed by atoms with Gasteiger partial charge in [0.1, 0.15) is 0 Å². The predicted octanol–water partition coefficient (Wildman–Crippen LogP) is 0.486. The van der Waals surface area contributed by atoms with E-state index in [1.54, 1.807) is 0 Å². The summed E-state index contributed by atoms with van der Waals surface area (Å²) in [5.74, 6) is 0. The van der Waals surface area contributed by atoms with Crippen molar-refractivity contribution >= 4 is 6.09 Å². The molecule has 12 heavy (non-hydrogen) atoms. The van der Waals surface area contributed by atoms with Crippen molar-refractivity contribution in [2.45, 2.75) is 19.3 Å². The van der Waals surface area contributed by atoms with Crippen molar-refractivity contribution in [2.24, 2.45) is 0 Å². The Bertz CT molecular complexity index is 125. The van der Waals surface area contributed by atoms with Gasteiger partial charge in [-0.05, 0) is 32.4 Å². The molecule has 2 N–H and O–H groups in total. The minimum absolute atomic E-state index is 0.281. The van der Waals surface area contributed by atoms with E-state index in [9.17, 15) is 4.79 Å². The molecule has 0 aliphatic carbocycles. The van der Waals surface area contributed by atoms with E-state index in [1.165, 1.54) is 0 Å². The fourth-order valence-corrected chi connectivity index (χ4v) is 1.10. The second-order valence-electron chi connectivity index (χ2n) is 2.87. The Morgan fingerprint density at radius 1 is 1.08 bits per heavy atom. The van der Waals surface area contributed by atoms with E-state index < -0.39 is 0 Å². The molecule has 1 amide bonds. The lowest BCUT2D eigenvalue weighted by Crippen LogP contribution is -2.27. The standard InChI is InChI=1S/C8H16N2O2/c11-8-10-6-3-5-9-4-1-2-7-12-8/h9H,1-7H2,(H,10,11). The van der Waals surface area contributed by atoms with Crippen LogP contribution in [-0.4, -0.2) is 32.3 Å². The maximum Gasteiger partial charge on any atom is 0.407 e. The number of rotatable bonds is 0. The van der Waals surface area contributed by atoms with Crippen molar-refractivity contribution in [2.75, 3.05) is 26.2 Å². The third kappa shape index (κ3) is 4.18. The third-order valence-corrected chi connectivity index (χ3v) is 1.78. The smallest absolute Gasteiger partial charge is 0.407 e. The second kappa shape index (κ2) is 5.83. The third-order valence-electron chi connectivity index (χ3n) is 1.78. The van der Waals surface area contributed by atoms with Crippen LogP contribution in [0.15, 0.2) is 0 Å². The van der Waals surface area contributed by atoms with Gasteiger partial charge in [-0.15, -0.1) is 0 Å². The predicted molar refractivity (Wildman–Crippen MR) is 46.1 cm³/mol. The number of ether oxygens (including phenoxy) is 1. The molecular formula is C8H16N2O2. The largest absolute Gasteiger partial charge is 0.450 e. The van der Waals surface area contributed by atoms with Crippen molar-refractivity contribution in [3.63, 3.8) is 0 Å². The number of nitrogens with one attached hydrogen (secondary N) is 2. The molecule has 70 valence electrons. The quantitative estimate of drug-likeness (QED) is 0.559. The van der Waals surface area contributed by atoms with Gasteiger partial charge in [-0.3, -0.25) is 0 Å². The van der Waals surface area contributed by atoms with Crippen LogP contribution < -0.4 is 10.6 Å². The van der Waals surface area contributed by atoms with Gasteiger partial charge >= 0.3 is 6.09 Å². The molecule has 0 aromatic rings. The number of carbonyl (C=O) groups is 1. The molecule has 1 aliphatic rings. The summed E-state index contributed by atoms with van der Waals surface area (Å²) in [6.45, 7) is 3.23. The molecule has 0 atom stereocenters. The Morgan fingerprint density at radius 3 is 2.83 bits per heavy atom. The molecule has 1 fully saturated rings. The van der Waals surface area contributed by atoms with Gasteiger partial charge in [-0.25, -0.2) is 4.79 Å². The van der Waals surface area contributed by atoms with E-state index in [2.05, 4.69) is 10.6 Å². The highest BCUT2D eigenvalue weighted by molar-refractivity contribution is 5.66. The van der Waals surface area contributed by atoms with E-state index in [0.29, 0.717) is 13.2 Å². The zero-order valence-corrected chi connectivity index (χ0v) is 7.27. The van der Waals surface area contributed by atoms with E-state index in [1.807, 2.05) is 0 Å². The van der Waals surface area contributed by atoms with Crippen LogP contribution in [-0.2, 0) is 4.74 Å². The number of cyclic esters (lactones) is 1. The average molecular weight is 172 g/mol. The van der Waals surface area contributed by atoms with Gasteiger partial charge in [-0.2, -0.15) is 0 Å². The lowest BCUT2D eigenvalue weighted by molar-refractivity contribution is 0.144. The number of alkyl carbamates (subject to hydrolysis) is 1. The maximum atomic E-state index is 10.9. The minimum atomic E-state index is -0.281. The highest BCUT2D eigenvalue weighted by Gasteiger charge is 2.01. The van der Waals surface area contributed by atoms with E-state index in [-0.39, 0.29) is 6.09 Å². The number of hydrogen-bond acceptors (Lipinski definition) is 3. The Hall–Kier alpha value is -0.770. The van der Waals surface area contributed by atoms with Gasteiger partial charge in [0.05, 0.1) is 6.61 Å². The normalized spacial score (nSPS) is 21.8. The Morgan fingerprint density at radius 2 is 1.92 bits per heavy atom. The topological polar surface area (TPSA) is 50.4 Å². The summed E-state index contributed by atoms with van der Waals surface area (Å²) in [4.78, 5) is 10.9. The lowest BCUT2D eigenvalue weighted by Gasteiger charge is -2.03. The van der Waals surface area contributed by atoms with E-state index in [0.717, 1.165) is 32.4 Å². The van der Waals surface area contributed by atoms with E-state index >= 15 is 0 Å². The SMILES string of the molecule is O=C1NCCCNCCCCO1. The van der Waals surface area contributed by atoms with Gasteiger partial charge < -0.3 is 15.4 Å². The highest BCUT2D eigenvalue weighted by atomic mass is 16.5.